The van der Waals surface area contributed by atoms with Gasteiger partial charge >= 0.3 is 0 Å². The lowest BCUT2D eigenvalue weighted by Crippen LogP contribution is -2.27. The van der Waals surface area contributed by atoms with Gasteiger partial charge in [-0.3, -0.25) is 0 Å². The predicted octanol–water partition coefficient (Wildman–Crippen LogP) is 2.13. The van der Waals surface area contributed by atoms with E-state index < -0.39 is 10.0 Å². The van der Waals surface area contributed by atoms with E-state index in [0.717, 1.165) is 4.31 Å². The summed E-state index contributed by atoms with van der Waals surface area (Å²) >= 11 is 11.7. The first-order valence-corrected chi connectivity index (χ1v) is 7.09. The van der Waals surface area contributed by atoms with Gasteiger partial charge in [0.1, 0.15) is 4.90 Å². The van der Waals surface area contributed by atoms with Crippen LogP contribution in [0.25, 0.3) is 0 Å². The van der Waals surface area contributed by atoms with Crippen LogP contribution in [0.1, 0.15) is 12.5 Å². The zero-order chi connectivity index (χ0) is 13.2. The average Bonchev–Trinajstić information content (AvgIpc) is 2.30. The molecule has 1 rings (SSSR count). The van der Waals surface area contributed by atoms with Crippen LogP contribution in [0.5, 0.6) is 0 Å². The molecule has 4 nitrogen and oxygen atoms in total. The number of aliphatic hydroxyl groups excluding tert-OH is 1. The van der Waals surface area contributed by atoms with Crippen molar-refractivity contribution in [1.82, 2.24) is 4.31 Å². The Kier molecular flexibility index (Phi) is 4.80. The molecule has 0 radical (unpaired) electrons. The molecule has 0 aliphatic carbocycles. The van der Waals surface area contributed by atoms with Crippen LogP contribution in [0, 0.1) is 0 Å². The second-order valence-corrected chi connectivity index (χ2v) is 6.28. The molecule has 0 bridgehead atoms. The minimum atomic E-state index is -3.67. The Morgan fingerprint density at radius 2 is 1.94 bits per heavy atom. The van der Waals surface area contributed by atoms with Crippen LogP contribution in [-0.2, 0) is 16.6 Å². The van der Waals surface area contributed by atoms with Gasteiger partial charge in [-0.05, 0) is 17.7 Å². The molecule has 1 aromatic rings. The molecule has 0 fully saturated rings. The Hall–Kier alpha value is -0.330. The van der Waals surface area contributed by atoms with Crippen molar-refractivity contribution in [3.63, 3.8) is 0 Å². The number of hydrogen-bond acceptors (Lipinski definition) is 3. The van der Waals surface area contributed by atoms with Crippen LogP contribution < -0.4 is 0 Å². The molecule has 96 valence electrons. The Labute approximate surface area is 111 Å². The summed E-state index contributed by atoms with van der Waals surface area (Å²) in [5.41, 5.74) is 0.294. The third kappa shape index (κ3) is 2.92. The predicted molar refractivity (Wildman–Crippen MR) is 67.9 cm³/mol. The number of halogens is 2. The van der Waals surface area contributed by atoms with Crippen molar-refractivity contribution < 1.29 is 13.5 Å². The van der Waals surface area contributed by atoms with E-state index in [0.29, 0.717) is 12.1 Å². The van der Waals surface area contributed by atoms with E-state index in [9.17, 15) is 8.42 Å². The smallest absolute Gasteiger partial charge is 0.244 e. The molecule has 0 saturated heterocycles. The van der Waals surface area contributed by atoms with Crippen LogP contribution in [0.2, 0.25) is 10.0 Å². The van der Waals surface area contributed by atoms with Crippen molar-refractivity contribution in [2.24, 2.45) is 0 Å². The highest BCUT2D eigenvalue weighted by molar-refractivity contribution is 7.89. The van der Waals surface area contributed by atoms with Gasteiger partial charge in [0.25, 0.3) is 0 Å². The van der Waals surface area contributed by atoms with E-state index in [1.54, 1.807) is 6.92 Å². The average molecular weight is 298 g/mol. The SMILES string of the molecule is CCN(C)S(=O)(=O)c1cc(Cl)cc(CO)c1Cl. The molecule has 0 saturated carbocycles. The number of sulfonamides is 1. The maximum atomic E-state index is 12.1. The Morgan fingerprint density at radius 1 is 1.35 bits per heavy atom. The highest BCUT2D eigenvalue weighted by Gasteiger charge is 2.24. The molecule has 0 aliphatic rings. The van der Waals surface area contributed by atoms with Gasteiger partial charge in [-0.25, -0.2) is 12.7 Å². The fraction of sp³-hybridized carbons (Fsp3) is 0.400. The summed E-state index contributed by atoms with van der Waals surface area (Å²) in [7, 11) is -2.22. The monoisotopic (exact) mass is 297 g/mol. The molecular formula is C10H13Cl2NO3S. The highest BCUT2D eigenvalue weighted by atomic mass is 35.5. The first kappa shape index (κ1) is 14.7. The largest absolute Gasteiger partial charge is 0.392 e. The molecule has 0 aromatic heterocycles. The summed E-state index contributed by atoms with van der Waals surface area (Å²) in [6, 6.07) is 2.72. The van der Waals surface area contributed by atoms with Crippen molar-refractivity contribution in [1.29, 1.82) is 0 Å². The minimum absolute atomic E-state index is 0.0113. The Bertz CT molecular complexity index is 517. The van der Waals surface area contributed by atoms with Gasteiger partial charge in [0.05, 0.1) is 11.6 Å². The zero-order valence-corrected chi connectivity index (χ0v) is 11.8. The lowest BCUT2D eigenvalue weighted by molar-refractivity contribution is 0.281. The maximum Gasteiger partial charge on any atom is 0.244 e. The highest BCUT2D eigenvalue weighted by Crippen LogP contribution is 2.31. The summed E-state index contributed by atoms with van der Waals surface area (Å²) in [4.78, 5) is -0.0833. The second kappa shape index (κ2) is 5.54. The molecule has 0 amide bonds. The maximum absolute atomic E-state index is 12.1. The van der Waals surface area contributed by atoms with Gasteiger partial charge in [0.15, 0.2) is 0 Å². The van der Waals surface area contributed by atoms with Crippen molar-refractivity contribution in [2.45, 2.75) is 18.4 Å². The first-order chi connectivity index (χ1) is 7.84. The second-order valence-electron chi connectivity index (χ2n) is 3.45. The third-order valence-corrected chi connectivity index (χ3v) is 5.12. The van der Waals surface area contributed by atoms with Gasteiger partial charge in [-0.15, -0.1) is 0 Å². The Morgan fingerprint density at radius 3 is 2.41 bits per heavy atom. The molecule has 17 heavy (non-hydrogen) atoms. The topological polar surface area (TPSA) is 57.6 Å². The number of benzene rings is 1. The number of rotatable bonds is 4. The lowest BCUT2D eigenvalue weighted by Gasteiger charge is -2.17. The van der Waals surface area contributed by atoms with E-state index in [-0.39, 0.29) is 21.5 Å². The molecule has 1 N–H and O–H groups in total. The molecule has 1 aromatic carbocycles. The van der Waals surface area contributed by atoms with E-state index in [1.807, 2.05) is 0 Å². The number of hydrogen-bond donors (Lipinski definition) is 1. The summed E-state index contributed by atoms with van der Waals surface area (Å²) in [5, 5.41) is 9.31. The van der Waals surface area contributed by atoms with E-state index in [4.69, 9.17) is 28.3 Å². The van der Waals surface area contributed by atoms with Gasteiger partial charge in [-0.2, -0.15) is 0 Å². The zero-order valence-electron chi connectivity index (χ0n) is 9.44. The van der Waals surface area contributed by atoms with Crippen LogP contribution in [0.3, 0.4) is 0 Å². The van der Waals surface area contributed by atoms with Crippen molar-refractivity contribution in [3.8, 4) is 0 Å². The van der Waals surface area contributed by atoms with Crippen LogP contribution in [0.4, 0.5) is 0 Å². The molecule has 0 atom stereocenters. The van der Waals surface area contributed by atoms with E-state index in [1.165, 1.54) is 19.2 Å². The van der Waals surface area contributed by atoms with E-state index in [2.05, 4.69) is 0 Å². The fourth-order valence-corrected chi connectivity index (χ4v) is 3.33. The third-order valence-electron chi connectivity index (χ3n) is 2.38. The van der Waals surface area contributed by atoms with Crippen molar-refractivity contribution >= 4 is 33.2 Å². The van der Waals surface area contributed by atoms with Gasteiger partial charge in [0, 0.05) is 18.6 Å². The van der Waals surface area contributed by atoms with Gasteiger partial charge in [-0.1, -0.05) is 30.1 Å². The number of aliphatic hydroxyl groups is 1. The summed E-state index contributed by atoms with van der Waals surface area (Å²) < 4.78 is 25.4. The Balaban J connectivity index is 3.47. The molecule has 7 heteroatoms. The summed E-state index contributed by atoms with van der Waals surface area (Å²) in [6.45, 7) is 1.67. The molecule has 0 heterocycles. The van der Waals surface area contributed by atoms with Crippen LogP contribution >= 0.6 is 23.2 Å². The molecule has 0 unspecified atom stereocenters. The molecule has 0 aliphatic heterocycles. The van der Waals surface area contributed by atoms with Crippen molar-refractivity contribution in [2.75, 3.05) is 13.6 Å². The summed E-state index contributed by atoms with van der Waals surface area (Å²) in [6.07, 6.45) is 0. The fourth-order valence-electron chi connectivity index (χ4n) is 1.26. The lowest BCUT2D eigenvalue weighted by atomic mass is 10.2. The van der Waals surface area contributed by atoms with Crippen molar-refractivity contribution in [3.05, 3.63) is 27.7 Å². The normalized spacial score (nSPS) is 12.1. The molecule has 0 spiro atoms. The standard InChI is InChI=1S/C10H13Cl2NO3S/c1-3-13(2)17(15,16)9-5-8(11)4-7(6-14)10(9)12/h4-5,14H,3,6H2,1-2H3. The molecular weight excluding hydrogens is 285 g/mol. The first-order valence-electron chi connectivity index (χ1n) is 4.89. The van der Waals surface area contributed by atoms with Gasteiger partial charge < -0.3 is 5.11 Å². The van der Waals surface area contributed by atoms with Crippen LogP contribution in [-0.4, -0.2) is 31.4 Å². The quantitative estimate of drug-likeness (QED) is 0.926. The van der Waals surface area contributed by atoms with Crippen LogP contribution in [0.15, 0.2) is 17.0 Å². The number of nitrogens with zero attached hydrogens (tertiary/aromatic N) is 1. The van der Waals surface area contributed by atoms with E-state index >= 15 is 0 Å². The van der Waals surface area contributed by atoms with Gasteiger partial charge in [0.2, 0.25) is 10.0 Å². The minimum Gasteiger partial charge on any atom is -0.392 e. The summed E-state index contributed by atoms with van der Waals surface area (Å²) in [5.74, 6) is 0.